The maximum atomic E-state index is 12.7. The molecule has 1 amide bonds. The lowest BCUT2D eigenvalue weighted by molar-refractivity contribution is -0.125. The number of rotatable bonds is 3. The molecule has 1 saturated heterocycles. The molecule has 6 nitrogen and oxygen atoms in total. The molecule has 0 bridgehead atoms. The van der Waals surface area contributed by atoms with E-state index in [0.29, 0.717) is 24.5 Å². The van der Waals surface area contributed by atoms with Crippen molar-refractivity contribution < 1.29 is 22.7 Å². The van der Waals surface area contributed by atoms with Gasteiger partial charge in [0, 0.05) is 19.2 Å². The predicted molar refractivity (Wildman–Crippen MR) is 106 cm³/mol. The fourth-order valence-electron chi connectivity index (χ4n) is 3.50. The van der Waals surface area contributed by atoms with Gasteiger partial charge in [-0.25, -0.2) is 8.42 Å². The Morgan fingerprint density at radius 3 is 2.64 bits per heavy atom. The Morgan fingerprint density at radius 2 is 1.82 bits per heavy atom. The first-order chi connectivity index (χ1) is 13.5. The molecule has 28 heavy (non-hydrogen) atoms. The molecule has 0 saturated carbocycles. The Bertz CT molecular complexity index is 1000. The van der Waals surface area contributed by atoms with Crippen LogP contribution in [-0.2, 0) is 14.6 Å². The zero-order chi connectivity index (χ0) is 19.6. The van der Waals surface area contributed by atoms with Crippen LogP contribution in [0.3, 0.4) is 0 Å². The van der Waals surface area contributed by atoms with Gasteiger partial charge in [0.1, 0.15) is 0 Å². The van der Waals surface area contributed by atoms with E-state index in [4.69, 9.17) is 9.47 Å². The van der Waals surface area contributed by atoms with Gasteiger partial charge in [-0.05, 0) is 35.8 Å². The number of sulfone groups is 1. The molecule has 0 spiro atoms. The van der Waals surface area contributed by atoms with E-state index in [9.17, 15) is 13.2 Å². The second kappa shape index (κ2) is 7.67. The summed E-state index contributed by atoms with van der Waals surface area (Å²) in [5.74, 6) is 1.12. The predicted octanol–water partition coefficient (Wildman–Crippen LogP) is 2.82. The summed E-state index contributed by atoms with van der Waals surface area (Å²) in [5, 5.41) is -0.565. The lowest BCUT2D eigenvalue weighted by Crippen LogP contribution is -2.32. The molecule has 0 aliphatic carbocycles. The van der Waals surface area contributed by atoms with E-state index in [2.05, 4.69) is 0 Å². The van der Waals surface area contributed by atoms with E-state index in [-0.39, 0.29) is 25.0 Å². The number of nitrogens with zero attached hydrogens (tertiary/aromatic N) is 1. The molecule has 2 aromatic rings. The Labute approximate surface area is 164 Å². The fraction of sp³-hybridized carbons (Fsp3) is 0.286. The Balaban J connectivity index is 1.45. The summed E-state index contributed by atoms with van der Waals surface area (Å²) in [4.78, 5) is 14.2. The third-order valence-corrected chi connectivity index (χ3v) is 7.16. The minimum Gasteiger partial charge on any atom is -0.454 e. The zero-order valence-electron chi connectivity index (χ0n) is 15.3. The molecular formula is C21H21NO5S. The van der Waals surface area contributed by atoms with E-state index >= 15 is 0 Å². The summed E-state index contributed by atoms with van der Waals surface area (Å²) >= 11 is 0. The number of fused-ring (bicyclic) bond motifs is 1. The molecule has 0 aromatic heterocycles. The minimum atomic E-state index is -3.30. The van der Waals surface area contributed by atoms with Crippen LogP contribution < -0.4 is 9.47 Å². The van der Waals surface area contributed by atoms with E-state index in [1.54, 1.807) is 17.0 Å². The summed E-state index contributed by atoms with van der Waals surface area (Å²) in [6, 6.07) is 14.7. The van der Waals surface area contributed by atoms with Crippen LogP contribution in [0.25, 0.3) is 6.08 Å². The molecule has 2 aromatic carbocycles. The lowest BCUT2D eigenvalue weighted by Gasteiger charge is -2.18. The molecule has 0 radical (unpaired) electrons. The highest BCUT2D eigenvalue weighted by atomic mass is 32.2. The standard InChI is InChI=1S/C21H21NO5S/c23-21(9-7-16-6-8-18-19(14-16)27-15-26-18)22-11-10-20(28(24,25)13-12-22)17-4-2-1-3-5-17/h1-9,14,20H,10-13,15H2/b9-7+/t20-/m1/s1. The molecular weight excluding hydrogens is 378 g/mol. The molecule has 7 heteroatoms. The van der Waals surface area contributed by atoms with Gasteiger partial charge in [0.05, 0.1) is 11.0 Å². The van der Waals surface area contributed by atoms with E-state index in [0.717, 1.165) is 11.1 Å². The van der Waals surface area contributed by atoms with Gasteiger partial charge in [-0.2, -0.15) is 0 Å². The van der Waals surface area contributed by atoms with Crippen LogP contribution in [-0.4, -0.2) is 44.9 Å². The van der Waals surface area contributed by atoms with Gasteiger partial charge in [0.25, 0.3) is 0 Å². The summed E-state index contributed by atoms with van der Waals surface area (Å²) < 4.78 is 36.0. The summed E-state index contributed by atoms with van der Waals surface area (Å²) in [5.41, 5.74) is 1.61. The van der Waals surface area contributed by atoms with Crippen molar-refractivity contribution in [3.8, 4) is 11.5 Å². The first-order valence-electron chi connectivity index (χ1n) is 9.16. The van der Waals surface area contributed by atoms with Gasteiger partial charge in [-0.3, -0.25) is 4.79 Å². The smallest absolute Gasteiger partial charge is 0.246 e. The molecule has 0 N–H and O–H groups in total. The van der Waals surface area contributed by atoms with Crippen molar-refractivity contribution in [3.63, 3.8) is 0 Å². The van der Waals surface area contributed by atoms with Crippen LogP contribution in [0.4, 0.5) is 0 Å². The Hall–Kier alpha value is -2.80. The number of carbonyl (C=O) groups is 1. The molecule has 2 aliphatic rings. The third-order valence-electron chi connectivity index (χ3n) is 5.04. The molecule has 2 heterocycles. The number of amides is 1. The number of hydrogen-bond donors (Lipinski definition) is 0. The number of hydrogen-bond acceptors (Lipinski definition) is 5. The maximum Gasteiger partial charge on any atom is 0.246 e. The van der Waals surface area contributed by atoms with Crippen LogP contribution >= 0.6 is 0 Å². The first-order valence-corrected chi connectivity index (χ1v) is 10.9. The Kier molecular flexibility index (Phi) is 5.09. The number of carbonyl (C=O) groups excluding carboxylic acids is 1. The average molecular weight is 399 g/mol. The van der Waals surface area contributed by atoms with Crippen molar-refractivity contribution in [2.75, 3.05) is 25.6 Å². The van der Waals surface area contributed by atoms with Crippen molar-refractivity contribution in [3.05, 3.63) is 65.7 Å². The number of benzene rings is 2. The second-order valence-electron chi connectivity index (χ2n) is 6.83. The summed E-state index contributed by atoms with van der Waals surface area (Å²) in [7, 11) is -3.30. The van der Waals surface area contributed by atoms with Crippen molar-refractivity contribution >= 4 is 21.8 Å². The van der Waals surface area contributed by atoms with Crippen molar-refractivity contribution in [2.45, 2.75) is 11.7 Å². The van der Waals surface area contributed by atoms with Crippen LogP contribution in [0.2, 0.25) is 0 Å². The van der Waals surface area contributed by atoms with Gasteiger partial charge < -0.3 is 14.4 Å². The minimum absolute atomic E-state index is 0.0316. The third kappa shape index (κ3) is 3.89. The fourth-order valence-corrected chi connectivity index (χ4v) is 5.29. The van der Waals surface area contributed by atoms with Crippen molar-refractivity contribution in [1.29, 1.82) is 0 Å². The highest BCUT2D eigenvalue weighted by molar-refractivity contribution is 7.91. The largest absolute Gasteiger partial charge is 0.454 e. The van der Waals surface area contributed by atoms with E-state index in [1.807, 2.05) is 42.5 Å². The van der Waals surface area contributed by atoms with Crippen LogP contribution in [0.1, 0.15) is 22.8 Å². The van der Waals surface area contributed by atoms with Crippen LogP contribution in [0.5, 0.6) is 11.5 Å². The quantitative estimate of drug-likeness (QED) is 0.742. The maximum absolute atomic E-state index is 12.7. The molecule has 1 fully saturated rings. The highest BCUT2D eigenvalue weighted by Crippen LogP contribution is 2.33. The van der Waals surface area contributed by atoms with Gasteiger partial charge in [0.15, 0.2) is 21.3 Å². The number of ether oxygens (including phenoxy) is 2. The van der Waals surface area contributed by atoms with Crippen LogP contribution in [0, 0.1) is 0 Å². The molecule has 2 aliphatic heterocycles. The summed E-state index contributed by atoms with van der Waals surface area (Å²) in [6.07, 6.45) is 3.58. The summed E-state index contributed by atoms with van der Waals surface area (Å²) in [6.45, 7) is 0.811. The van der Waals surface area contributed by atoms with Gasteiger partial charge in [0.2, 0.25) is 12.7 Å². The highest BCUT2D eigenvalue weighted by Gasteiger charge is 2.32. The SMILES string of the molecule is O=C(/C=C/c1ccc2c(c1)OCO2)N1CC[C@H](c2ccccc2)S(=O)(=O)CC1. The topological polar surface area (TPSA) is 72.9 Å². The zero-order valence-corrected chi connectivity index (χ0v) is 16.1. The van der Waals surface area contributed by atoms with Crippen molar-refractivity contribution in [2.24, 2.45) is 0 Å². The second-order valence-corrected chi connectivity index (χ2v) is 9.13. The van der Waals surface area contributed by atoms with Gasteiger partial charge in [-0.1, -0.05) is 36.4 Å². The first kappa shape index (κ1) is 18.6. The van der Waals surface area contributed by atoms with E-state index in [1.165, 1.54) is 6.08 Å². The Morgan fingerprint density at radius 1 is 1.04 bits per heavy atom. The van der Waals surface area contributed by atoms with Gasteiger partial charge in [-0.15, -0.1) is 0 Å². The van der Waals surface area contributed by atoms with Crippen LogP contribution in [0.15, 0.2) is 54.6 Å². The molecule has 0 unspecified atom stereocenters. The molecule has 146 valence electrons. The normalized spacial score (nSPS) is 20.9. The lowest BCUT2D eigenvalue weighted by atomic mass is 10.1. The average Bonchev–Trinajstić information content (AvgIpc) is 3.10. The van der Waals surface area contributed by atoms with Crippen molar-refractivity contribution in [1.82, 2.24) is 4.90 Å². The molecule has 1 atom stereocenters. The molecule has 4 rings (SSSR count). The van der Waals surface area contributed by atoms with Gasteiger partial charge >= 0.3 is 0 Å². The monoisotopic (exact) mass is 399 g/mol. The van der Waals surface area contributed by atoms with E-state index < -0.39 is 15.1 Å².